The molecule has 0 aromatic heterocycles. The van der Waals surface area contributed by atoms with Crippen molar-refractivity contribution in [2.45, 2.75) is 96.3 Å². The lowest BCUT2D eigenvalue weighted by Gasteiger charge is -2.59. The van der Waals surface area contributed by atoms with Crippen LogP contribution in [0.25, 0.3) is 0 Å². The van der Waals surface area contributed by atoms with Gasteiger partial charge in [-0.15, -0.1) is 12.4 Å². The number of ketones is 1. The van der Waals surface area contributed by atoms with Crippen molar-refractivity contribution in [3.63, 3.8) is 0 Å². The van der Waals surface area contributed by atoms with Gasteiger partial charge in [-0.1, -0.05) is 13.8 Å². The third kappa shape index (κ3) is 3.22. The first-order valence-electron chi connectivity index (χ1n) is 13.4. The van der Waals surface area contributed by atoms with Crippen molar-refractivity contribution in [2.75, 3.05) is 13.1 Å². The fraction of sp³-hybridized carbons (Fsp3) is 0.963. The van der Waals surface area contributed by atoms with Crippen LogP contribution in [0.4, 0.5) is 0 Å². The van der Waals surface area contributed by atoms with Gasteiger partial charge in [0.25, 0.3) is 0 Å². The normalized spacial score (nSPS) is 57.3. The molecule has 4 saturated carbocycles. The lowest BCUT2D eigenvalue weighted by Crippen LogP contribution is -2.67. The molecule has 0 bridgehead atoms. The summed E-state index contributed by atoms with van der Waals surface area (Å²) in [5.74, 6) is 4.82. The molecule has 2 unspecified atom stereocenters. The van der Waals surface area contributed by atoms with Gasteiger partial charge in [-0.2, -0.15) is 0 Å². The summed E-state index contributed by atoms with van der Waals surface area (Å²) < 4.78 is 0. The van der Waals surface area contributed by atoms with E-state index in [0.29, 0.717) is 53.8 Å². The summed E-state index contributed by atoms with van der Waals surface area (Å²) in [5, 5.41) is 22.1. The summed E-state index contributed by atoms with van der Waals surface area (Å²) in [7, 11) is 0. The van der Waals surface area contributed by atoms with Gasteiger partial charge in [-0.05, 0) is 105 Å². The van der Waals surface area contributed by atoms with E-state index < -0.39 is 5.60 Å². The summed E-state index contributed by atoms with van der Waals surface area (Å²) in [6.45, 7) is 9.23. The molecule has 182 valence electrons. The second-order valence-corrected chi connectivity index (χ2v) is 13.2. The van der Waals surface area contributed by atoms with Crippen LogP contribution in [0.1, 0.15) is 78.6 Å². The highest BCUT2D eigenvalue weighted by molar-refractivity contribution is 5.85. The number of piperidine rings is 2. The second-order valence-electron chi connectivity index (χ2n) is 13.2. The van der Waals surface area contributed by atoms with Gasteiger partial charge in [0.05, 0.1) is 11.7 Å². The van der Waals surface area contributed by atoms with Gasteiger partial charge in [-0.25, -0.2) is 0 Å². The van der Waals surface area contributed by atoms with E-state index >= 15 is 0 Å². The number of aliphatic hydroxyl groups is 2. The summed E-state index contributed by atoms with van der Waals surface area (Å²) >= 11 is 0. The number of halogens is 1. The Morgan fingerprint density at radius 1 is 0.906 bits per heavy atom. The Balaban J connectivity index is 0.00000216. The first-order valence-corrected chi connectivity index (χ1v) is 13.4. The van der Waals surface area contributed by atoms with Gasteiger partial charge in [0.15, 0.2) is 0 Å². The molecule has 6 rings (SSSR count). The van der Waals surface area contributed by atoms with Crippen molar-refractivity contribution in [2.24, 2.45) is 52.8 Å². The van der Waals surface area contributed by atoms with Crippen LogP contribution in [0.3, 0.4) is 0 Å². The van der Waals surface area contributed by atoms with Crippen molar-refractivity contribution in [3.05, 3.63) is 0 Å². The maximum atomic E-state index is 13.2. The fourth-order valence-electron chi connectivity index (χ4n) is 10.4. The zero-order valence-corrected chi connectivity index (χ0v) is 21.0. The first-order chi connectivity index (χ1) is 14.7. The highest BCUT2D eigenvalue weighted by atomic mass is 35.5. The van der Waals surface area contributed by atoms with E-state index in [-0.39, 0.29) is 29.8 Å². The minimum Gasteiger partial charge on any atom is -0.393 e. The number of nitrogens with zero attached hydrogens (tertiary/aromatic N) is 1. The number of fused-ring (bicyclic) bond motifs is 8. The Hall–Kier alpha value is -0.160. The highest BCUT2D eigenvalue weighted by Crippen LogP contribution is 2.66. The van der Waals surface area contributed by atoms with Crippen LogP contribution in [0.5, 0.6) is 0 Å². The molecule has 5 heteroatoms. The number of Topliss-reactive ketones (excluding diaryl/α,β-unsaturated/α-hetero) is 1. The topological polar surface area (TPSA) is 60.8 Å². The van der Waals surface area contributed by atoms with Crippen LogP contribution >= 0.6 is 12.4 Å². The molecule has 6 fully saturated rings. The fourth-order valence-corrected chi connectivity index (χ4v) is 10.4. The van der Waals surface area contributed by atoms with E-state index in [0.717, 1.165) is 44.6 Å². The summed E-state index contributed by atoms with van der Waals surface area (Å²) in [6.07, 6.45) is 9.08. The van der Waals surface area contributed by atoms with E-state index in [4.69, 9.17) is 0 Å². The summed E-state index contributed by atoms with van der Waals surface area (Å²) in [4.78, 5) is 15.9. The molecule has 12 atom stereocenters. The molecular formula is C27H44ClNO3. The molecule has 2 aliphatic heterocycles. The first kappa shape index (κ1) is 23.6. The molecule has 0 radical (unpaired) electrons. The van der Waals surface area contributed by atoms with E-state index in [1.54, 1.807) is 0 Å². The number of hydrogen-bond acceptors (Lipinski definition) is 4. The van der Waals surface area contributed by atoms with Crippen molar-refractivity contribution in [1.82, 2.24) is 4.90 Å². The van der Waals surface area contributed by atoms with E-state index in [9.17, 15) is 15.0 Å². The Morgan fingerprint density at radius 2 is 1.69 bits per heavy atom. The maximum absolute atomic E-state index is 13.2. The lowest BCUT2D eigenvalue weighted by atomic mass is 9.51. The average Bonchev–Trinajstić information content (AvgIpc) is 3.09. The lowest BCUT2D eigenvalue weighted by molar-refractivity contribution is -0.175. The molecule has 2 heterocycles. The number of rotatable bonds is 0. The van der Waals surface area contributed by atoms with Crippen LogP contribution in [-0.2, 0) is 4.79 Å². The minimum atomic E-state index is -0.570. The van der Waals surface area contributed by atoms with E-state index in [1.807, 2.05) is 0 Å². The third-order valence-electron chi connectivity index (χ3n) is 11.8. The minimum absolute atomic E-state index is 0. The molecule has 0 aromatic rings. The quantitative estimate of drug-likeness (QED) is 0.559. The van der Waals surface area contributed by atoms with Gasteiger partial charge < -0.3 is 10.2 Å². The van der Waals surface area contributed by atoms with Gasteiger partial charge >= 0.3 is 0 Å². The molecule has 0 aromatic carbocycles. The number of hydrogen-bond donors (Lipinski definition) is 2. The molecular weight excluding hydrogens is 422 g/mol. The second kappa shape index (κ2) is 7.93. The van der Waals surface area contributed by atoms with Gasteiger partial charge in [0.2, 0.25) is 0 Å². The van der Waals surface area contributed by atoms with E-state index in [2.05, 4.69) is 25.7 Å². The van der Waals surface area contributed by atoms with Crippen LogP contribution in [0, 0.1) is 52.8 Å². The molecule has 2 saturated heterocycles. The highest BCUT2D eigenvalue weighted by Gasteiger charge is 2.64. The van der Waals surface area contributed by atoms with Crippen molar-refractivity contribution in [1.29, 1.82) is 0 Å². The van der Waals surface area contributed by atoms with Crippen LogP contribution in [0.2, 0.25) is 0 Å². The molecule has 2 N–H and O–H groups in total. The number of carbonyl (C=O) groups is 1. The standard InChI is InChI=1S/C27H43NO3.ClH/c1-15-4-7-25-27(3,31)21-6-5-17-18(20(21)14-28(25)13-15)11-22-19(17)12-24(30)23-10-16(29)8-9-26(22,23)2;/h15-23,25,29,31H,4-14H2,1-3H3;1H/t15-,16-,17+,18+,19?,20?,21+,22-,23+,25-,26+,27-;/m0./s1. The monoisotopic (exact) mass is 465 g/mol. The maximum Gasteiger partial charge on any atom is 0.136 e. The zero-order valence-electron chi connectivity index (χ0n) is 20.2. The Kier molecular flexibility index (Phi) is 5.84. The smallest absolute Gasteiger partial charge is 0.136 e. The summed E-state index contributed by atoms with van der Waals surface area (Å²) in [6, 6.07) is 0.341. The predicted molar refractivity (Wildman–Crippen MR) is 128 cm³/mol. The molecule has 0 spiro atoms. The van der Waals surface area contributed by atoms with Gasteiger partial charge in [0, 0.05) is 31.5 Å². The van der Waals surface area contributed by atoms with Crippen molar-refractivity contribution >= 4 is 18.2 Å². The predicted octanol–water partition coefficient (Wildman–Crippen LogP) is 4.31. The number of aliphatic hydroxyl groups excluding tert-OH is 1. The SMILES string of the molecule is C[C@H]1CC[C@@H]2N(CC3[C@@H](CC[C@H]4C5CC(=O)[C@H]6C[C@@H](O)CC[C@]6(C)[C@H]5C[C@@H]34)[C@]2(C)O)C1.Cl. The van der Waals surface area contributed by atoms with Crippen molar-refractivity contribution in [3.8, 4) is 0 Å². The average molecular weight is 466 g/mol. The molecule has 0 amide bonds. The van der Waals surface area contributed by atoms with Crippen LogP contribution < -0.4 is 0 Å². The largest absolute Gasteiger partial charge is 0.393 e. The van der Waals surface area contributed by atoms with Gasteiger partial charge in [0.1, 0.15) is 5.78 Å². The Labute approximate surface area is 200 Å². The van der Waals surface area contributed by atoms with E-state index in [1.165, 1.54) is 25.8 Å². The molecule has 4 nitrogen and oxygen atoms in total. The summed E-state index contributed by atoms with van der Waals surface area (Å²) in [5.41, 5.74) is -0.482. The molecule has 4 aliphatic carbocycles. The third-order valence-corrected chi connectivity index (χ3v) is 11.8. The van der Waals surface area contributed by atoms with Crippen LogP contribution in [0.15, 0.2) is 0 Å². The van der Waals surface area contributed by atoms with Crippen molar-refractivity contribution < 1.29 is 15.0 Å². The molecule has 6 aliphatic rings. The Morgan fingerprint density at radius 3 is 2.47 bits per heavy atom. The van der Waals surface area contributed by atoms with Crippen LogP contribution in [-0.4, -0.2) is 51.7 Å². The zero-order chi connectivity index (χ0) is 21.7. The number of carbonyl (C=O) groups excluding carboxylic acids is 1. The molecule has 32 heavy (non-hydrogen) atoms. The van der Waals surface area contributed by atoms with Gasteiger partial charge in [-0.3, -0.25) is 9.69 Å². The Bertz CT molecular complexity index is 757.